The van der Waals surface area contributed by atoms with Crippen LogP contribution in [0.2, 0.25) is 0 Å². The molecule has 4 aromatic rings. The van der Waals surface area contributed by atoms with Crippen molar-refractivity contribution in [3.63, 3.8) is 0 Å². The molecule has 4 heterocycles. The highest BCUT2D eigenvalue weighted by Crippen LogP contribution is 2.36. The highest BCUT2D eigenvalue weighted by Gasteiger charge is 2.25. The highest BCUT2D eigenvalue weighted by atomic mass is 16.5. The van der Waals surface area contributed by atoms with Gasteiger partial charge in [0.15, 0.2) is 11.4 Å². The lowest BCUT2D eigenvalue weighted by atomic mass is 9.92. The fraction of sp³-hybridized carbons (Fsp3) is 0.500. The summed E-state index contributed by atoms with van der Waals surface area (Å²) in [4.78, 5) is 23.1. The minimum atomic E-state index is -0.0199. The summed E-state index contributed by atoms with van der Waals surface area (Å²) in [5.74, 6) is 1.61. The Bertz CT molecular complexity index is 1370. The molecule has 3 aromatic heterocycles. The van der Waals surface area contributed by atoms with Crippen LogP contribution in [0.4, 0.5) is 0 Å². The van der Waals surface area contributed by atoms with Crippen LogP contribution in [0.3, 0.4) is 0 Å². The third-order valence-electron chi connectivity index (χ3n) is 6.93. The van der Waals surface area contributed by atoms with Crippen molar-refractivity contribution in [3.05, 3.63) is 46.8 Å². The van der Waals surface area contributed by atoms with Crippen molar-refractivity contribution in [1.29, 1.82) is 0 Å². The van der Waals surface area contributed by atoms with Gasteiger partial charge in [-0.25, -0.2) is 14.3 Å². The van der Waals surface area contributed by atoms with Crippen molar-refractivity contribution in [2.24, 2.45) is 5.92 Å². The number of fused-ring (bicyclic) bond motifs is 2. The second-order valence-electron chi connectivity index (χ2n) is 10.2. The molecule has 8 heteroatoms. The number of likely N-dealkylation sites (tertiary alicyclic amines) is 1. The topological polar surface area (TPSA) is 80.5 Å². The monoisotopic (exact) mass is 462 g/mol. The quantitative estimate of drug-likeness (QED) is 0.457. The molecule has 0 radical (unpaired) electrons. The van der Waals surface area contributed by atoms with Gasteiger partial charge in [0, 0.05) is 37.4 Å². The molecule has 1 fully saturated rings. The molecule has 0 amide bonds. The summed E-state index contributed by atoms with van der Waals surface area (Å²) in [6.45, 7) is 12.1. The molecule has 1 N–H and O–H groups in total. The average molecular weight is 463 g/mol. The first-order chi connectivity index (χ1) is 16.4. The number of aromatic nitrogens is 5. The molecule has 1 aliphatic heterocycles. The largest absolute Gasteiger partial charge is 0.493 e. The van der Waals surface area contributed by atoms with Gasteiger partial charge in [0.1, 0.15) is 6.33 Å². The van der Waals surface area contributed by atoms with Gasteiger partial charge in [0.2, 0.25) is 0 Å². The number of methoxy groups -OCH3 is 1. The number of benzene rings is 1. The molecule has 0 spiro atoms. The van der Waals surface area contributed by atoms with Crippen LogP contribution in [0.1, 0.15) is 58.1 Å². The Kier molecular flexibility index (Phi) is 5.93. The van der Waals surface area contributed by atoms with E-state index in [4.69, 9.17) is 4.74 Å². The smallest absolute Gasteiger partial charge is 0.326 e. The van der Waals surface area contributed by atoms with Gasteiger partial charge in [-0.1, -0.05) is 27.7 Å². The molecule has 5 rings (SSSR count). The first-order valence-corrected chi connectivity index (χ1v) is 12.2. The van der Waals surface area contributed by atoms with E-state index in [1.54, 1.807) is 11.6 Å². The Morgan fingerprint density at radius 3 is 2.59 bits per heavy atom. The number of H-pyrrole nitrogens is 1. The molecule has 0 aliphatic carbocycles. The molecule has 34 heavy (non-hydrogen) atoms. The number of aromatic amines is 1. The molecule has 8 nitrogen and oxygen atoms in total. The van der Waals surface area contributed by atoms with Gasteiger partial charge >= 0.3 is 5.69 Å². The number of hydrogen-bond donors (Lipinski definition) is 1. The predicted molar refractivity (Wildman–Crippen MR) is 135 cm³/mol. The van der Waals surface area contributed by atoms with E-state index in [1.165, 1.54) is 11.9 Å². The number of pyridine rings is 1. The van der Waals surface area contributed by atoms with E-state index in [2.05, 4.69) is 59.8 Å². The van der Waals surface area contributed by atoms with Crippen LogP contribution in [0.5, 0.6) is 5.75 Å². The van der Waals surface area contributed by atoms with Crippen molar-refractivity contribution in [2.45, 2.75) is 52.5 Å². The maximum Gasteiger partial charge on any atom is 0.326 e. The van der Waals surface area contributed by atoms with Crippen LogP contribution in [-0.2, 0) is 0 Å². The molecule has 1 aromatic carbocycles. The Labute approximate surface area is 199 Å². The van der Waals surface area contributed by atoms with E-state index in [1.807, 2.05) is 16.8 Å². The van der Waals surface area contributed by atoms with E-state index >= 15 is 0 Å². The van der Waals surface area contributed by atoms with Gasteiger partial charge in [-0.05, 0) is 54.0 Å². The Hall–Kier alpha value is -3.13. The molecule has 0 bridgehead atoms. The first kappa shape index (κ1) is 22.7. The number of rotatable bonds is 6. The van der Waals surface area contributed by atoms with E-state index in [0.717, 1.165) is 54.6 Å². The van der Waals surface area contributed by atoms with Crippen LogP contribution < -0.4 is 10.4 Å². The van der Waals surface area contributed by atoms with Gasteiger partial charge < -0.3 is 14.6 Å². The molecule has 0 saturated carbocycles. The Morgan fingerprint density at radius 2 is 1.91 bits per heavy atom. The second-order valence-corrected chi connectivity index (χ2v) is 10.2. The molecule has 1 aliphatic rings. The van der Waals surface area contributed by atoms with Crippen LogP contribution in [-0.4, -0.2) is 55.8 Å². The fourth-order valence-electron chi connectivity index (χ4n) is 5.35. The maximum absolute atomic E-state index is 13.1. The molecule has 0 atom stereocenters. The van der Waals surface area contributed by atoms with Crippen molar-refractivity contribution in [2.75, 3.05) is 26.7 Å². The first-order valence-electron chi connectivity index (χ1n) is 12.2. The zero-order valence-electron chi connectivity index (χ0n) is 20.7. The minimum absolute atomic E-state index is 0.0199. The molecular weight excluding hydrogens is 428 g/mol. The third kappa shape index (κ3) is 4.00. The molecule has 0 unspecified atom stereocenters. The standard InChI is InChI=1S/C26H34N6O2/c1-16(2)13-30-8-6-19(7-9-30)32-23-12-20(17(3)4)21(11-22(23)29-26(32)33)18-10-24(34-5)25-27-15-28-31(25)14-18/h10-12,14-17,19H,6-9,13H2,1-5H3,(H,29,33). The van der Waals surface area contributed by atoms with Gasteiger partial charge in [-0.15, -0.1) is 0 Å². The number of piperidine rings is 1. The number of ether oxygens (including phenoxy) is 1. The zero-order valence-corrected chi connectivity index (χ0v) is 20.7. The number of nitrogens with one attached hydrogen (secondary N) is 1. The summed E-state index contributed by atoms with van der Waals surface area (Å²) in [6, 6.07) is 6.53. The predicted octanol–water partition coefficient (Wildman–Crippen LogP) is 4.46. The number of imidazole rings is 1. The average Bonchev–Trinajstić information content (AvgIpc) is 3.40. The summed E-state index contributed by atoms with van der Waals surface area (Å²) in [5.41, 5.74) is 5.77. The van der Waals surface area contributed by atoms with E-state index in [0.29, 0.717) is 17.3 Å². The molecule has 1 saturated heterocycles. The van der Waals surface area contributed by atoms with E-state index < -0.39 is 0 Å². The fourth-order valence-corrected chi connectivity index (χ4v) is 5.35. The maximum atomic E-state index is 13.1. The summed E-state index contributed by atoms with van der Waals surface area (Å²) in [6.07, 6.45) is 5.49. The van der Waals surface area contributed by atoms with Crippen LogP contribution in [0.15, 0.2) is 35.5 Å². The van der Waals surface area contributed by atoms with Gasteiger partial charge in [-0.3, -0.25) is 4.57 Å². The number of hydrogen-bond acceptors (Lipinski definition) is 5. The summed E-state index contributed by atoms with van der Waals surface area (Å²) >= 11 is 0. The van der Waals surface area contributed by atoms with Gasteiger partial charge in [-0.2, -0.15) is 5.10 Å². The lowest BCUT2D eigenvalue weighted by molar-refractivity contribution is 0.170. The Balaban J connectivity index is 1.58. The van der Waals surface area contributed by atoms with E-state index in [-0.39, 0.29) is 17.6 Å². The van der Waals surface area contributed by atoms with Crippen molar-refractivity contribution in [3.8, 4) is 16.9 Å². The summed E-state index contributed by atoms with van der Waals surface area (Å²) in [5, 5.41) is 4.31. The van der Waals surface area contributed by atoms with Crippen LogP contribution >= 0.6 is 0 Å². The molecule has 180 valence electrons. The van der Waals surface area contributed by atoms with E-state index in [9.17, 15) is 4.79 Å². The van der Waals surface area contributed by atoms with Crippen molar-refractivity contribution >= 4 is 16.7 Å². The summed E-state index contributed by atoms with van der Waals surface area (Å²) < 4.78 is 9.32. The van der Waals surface area contributed by atoms with Crippen LogP contribution in [0.25, 0.3) is 27.8 Å². The number of nitrogens with zero attached hydrogens (tertiary/aromatic N) is 5. The van der Waals surface area contributed by atoms with Gasteiger partial charge in [0.05, 0.1) is 18.1 Å². The lowest BCUT2D eigenvalue weighted by Crippen LogP contribution is -2.38. The second kappa shape index (κ2) is 8.91. The lowest BCUT2D eigenvalue weighted by Gasteiger charge is -2.33. The van der Waals surface area contributed by atoms with Crippen LogP contribution in [0, 0.1) is 5.92 Å². The minimum Gasteiger partial charge on any atom is -0.493 e. The SMILES string of the molecule is COc1cc(-c2cc3[nH]c(=O)n(C4CCN(CC(C)C)CC4)c3cc2C(C)C)cn2ncnc12. The van der Waals surface area contributed by atoms with Crippen molar-refractivity contribution in [1.82, 2.24) is 29.0 Å². The third-order valence-corrected chi connectivity index (χ3v) is 6.93. The molecular formula is C26H34N6O2. The Morgan fingerprint density at radius 1 is 1.15 bits per heavy atom. The summed E-state index contributed by atoms with van der Waals surface area (Å²) in [7, 11) is 1.64. The zero-order chi connectivity index (χ0) is 24.0. The normalized spacial score (nSPS) is 15.9. The van der Waals surface area contributed by atoms with Crippen molar-refractivity contribution < 1.29 is 4.74 Å². The highest BCUT2D eigenvalue weighted by molar-refractivity contribution is 5.85. The van der Waals surface area contributed by atoms with Gasteiger partial charge in [0.25, 0.3) is 0 Å².